The van der Waals surface area contributed by atoms with Crippen molar-refractivity contribution in [3.8, 4) is 0 Å². The van der Waals surface area contributed by atoms with E-state index in [1.165, 1.54) is 16.0 Å². The fraction of sp³-hybridized carbons (Fsp3) is 0.280. The molecule has 2 aromatic carbocycles. The molecule has 2 atom stereocenters. The highest BCUT2D eigenvalue weighted by atomic mass is 32.1. The Bertz CT molecular complexity index is 1200. The van der Waals surface area contributed by atoms with Crippen LogP contribution in [-0.2, 0) is 24.2 Å². The number of carbonyl (C=O) groups excluding carboxylic acids is 1. The Hall–Kier alpha value is -3.00. The number of hydrazine groups is 1. The summed E-state index contributed by atoms with van der Waals surface area (Å²) in [4.78, 5) is 18.7. The molecule has 1 fully saturated rings. The molecule has 32 heavy (non-hydrogen) atoms. The SMILES string of the molecule is CCn1c(CCc2ccc(NC(=O)C3CC(c4cccs4)NN3)cc2)nc2ccccc21. The monoisotopic (exact) mass is 445 g/mol. The first-order valence-corrected chi connectivity index (χ1v) is 12.0. The molecule has 6 nitrogen and oxygen atoms in total. The van der Waals surface area contributed by atoms with Crippen LogP contribution in [0.15, 0.2) is 66.0 Å². The molecule has 7 heteroatoms. The third kappa shape index (κ3) is 4.32. The van der Waals surface area contributed by atoms with Crippen molar-refractivity contribution in [1.29, 1.82) is 0 Å². The van der Waals surface area contributed by atoms with E-state index in [1.807, 2.05) is 24.3 Å². The van der Waals surface area contributed by atoms with Crippen LogP contribution in [0.3, 0.4) is 0 Å². The molecule has 1 aliphatic heterocycles. The highest BCUT2D eigenvalue weighted by Crippen LogP contribution is 2.26. The Morgan fingerprint density at radius 2 is 1.94 bits per heavy atom. The van der Waals surface area contributed by atoms with Gasteiger partial charge in [-0.3, -0.25) is 4.79 Å². The minimum Gasteiger partial charge on any atom is -0.328 e. The van der Waals surface area contributed by atoms with Crippen molar-refractivity contribution in [2.75, 3.05) is 5.32 Å². The summed E-state index contributed by atoms with van der Waals surface area (Å²) in [7, 11) is 0. The number of anilines is 1. The Morgan fingerprint density at radius 1 is 1.09 bits per heavy atom. The first-order valence-electron chi connectivity index (χ1n) is 11.1. The lowest BCUT2D eigenvalue weighted by molar-refractivity contribution is -0.117. The van der Waals surface area contributed by atoms with Gasteiger partial charge in [0.1, 0.15) is 11.9 Å². The van der Waals surface area contributed by atoms with Gasteiger partial charge in [-0.05, 0) is 61.0 Å². The van der Waals surface area contributed by atoms with Crippen molar-refractivity contribution in [2.24, 2.45) is 0 Å². The van der Waals surface area contributed by atoms with Gasteiger partial charge in [-0.2, -0.15) is 0 Å². The highest BCUT2D eigenvalue weighted by Gasteiger charge is 2.30. The van der Waals surface area contributed by atoms with E-state index < -0.39 is 0 Å². The lowest BCUT2D eigenvalue weighted by atomic mass is 10.1. The van der Waals surface area contributed by atoms with E-state index in [4.69, 9.17) is 4.98 Å². The number of nitrogens with one attached hydrogen (secondary N) is 3. The standard InChI is InChI=1S/C25H27N5OS/c1-2-30-22-7-4-3-6-19(22)27-24(30)14-11-17-9-12-18(13-10-17)26-25(31)21-16-20(28-29-21)23-8-5-15-32-23/h3-10,12-13,15,20-21,28-29H,2,11,14,16H2,1H3,(H,26,31). The van der Waals surface area contributed by atoms with Gasteiger partial charge < -0.3 is 9.88 Å². The fourth-order valence-electron chi connectivity index (χ4n) is 4.31. The largest absolute Gasteiger partial charge is 0.328 e. The summed E-state index contributed by atoms with van der Waals surface area (Å²) >= 11 is 1.71. The number of amides is 1. The van der Waals surface area contributed by atoms with Crippen LogP contribution in [0, 0.1) is 0 Å². The molecular formula is C25H27N5OS. The fourth-order valence-corrected chi connectivity index (χ4v) is 5.10. The molecule has 1 aliphatic rings. The first kappa shape index (κ1) is 20.9. The molecule has 0 radical (unpaired) electrons. The normalized spacial score (nSPS) is 18.3. The van der Waals surface area contributed by atoms with E-state index in [-0.39, 0.29) is 18.0 Å². The van der Waals surface area contributed by atoms with Crippen molar-refractivity contribution in [3.63, 3.8) is 0 Å². The molecule has 0 bridgehead atoms. The maximum atomic E-state index is 12.7. The average Bonchev–Trinajstić information content (AvgIpc) is 3.57. The molecule has 5 rings (SSSR count). The van der Waals surface area contributed by atoms with Crippen LogP contribution >= 0.6 is 11.3 Å². The number of carbonyl (C=O) groups is 1. The number of benzene rings is 2. The Labute approximate surface area is 191 Å². The van der Waals surface area contributed by atoms with Crippen LogP contribution in [0.4, 0.5) is 5.69 Å². The summed E-state index contributed by atoms with van der Waals surface area (Å²) in [5.74, 6) is 1.10. The van der Waals surface area contributed by atoms with Crippen LogP contribution in [0.1, 0.15) is 35.7 Å². The molecule has 0 aliphatic carbocycles. The number of nitrogens with zero attached hydrogens (tertiary/aromatic N) is 2. The van der Waals surface area contributed by atoms with Crippen LogP contribution in [-0.4, -0.2) is 21.5 Å². The number of aromatic nitrogens is 2. The predicted molar refractivity (Wildman–Crippen MR) is 130 cm³/mol. The zero-order valence-electron chi connectivity index (χ0n) is 18.0. The second-order valence-electron chi connectivity index (χ2n) is 8.09. The smallest absolute Gasteiger partial charge is 0.242 e. The lowest BCUT2D eigenvalue weighted by Gasteiger charge is -2.11. The summed E-state index contributed by atoms with van der Waals surface area (Å²) in [5.41, 5.74) is 10.7. The van der Waals surface area contributed by atoms with Gasteiger partial charge >= 0.3 is 0 Å². The van der Waals surface area contributed by atoms with Crippen molar-refractivity contribution in [3.05, 3.63) is 82.3 Å². The summed E-state index contributed by atoms with van der Waals surface area (Å²) in [6.07, 6.45) is 2.53. The van der Waals surface area contributed by atoms with Gasteiger partial charge in [-0.25, -0.2) is 15.8 Å². The van der Waals surface area contributed by atoms with Gasteiger partial charge in [0, 0.05) is 23.5 Å². The molecule has 3 heterocycles. The minimum atomic E-state index is -0.246. The molecule has 4 aromatic rings. The number of imidazole rings is 1. The summed E-state index contributed by atoms with van der Waals surface area (Å²) in [5, 5.41) is 5.09. The number of hydrogen-bond donors (Lipinski definition) is 3. The van der Waals surface area contributed by atoms with Crippen molar-refractivity contribution >= 4 is 34.0 Å². The third-order valence-electron chi connectivity index (χ3n) is 6.01. The van der Waals surface area contributed by atoms with Crippen LogP contribution < -0.4 is 16.2 Å². The number of fused-ring (bicyclic) bond motifs is 1. The van der Waals surface area contributed by atoms with Crippen LogP contribution in [0.2, 0.25) is 0 Å². The molecule has 1 amide bonds. The number of para-hydroxylation sites is 2. The minimum absolute atomic E-state index is 0.0130. The van der Waals surface area contributed by atoms with E-state index in [0.717, 1.165) is 42.8 Å². The zero-order valence-corrected chi connectivity index (χ0v) is 18.9. The van der Waals surface area contributed by atoms with Gasteiger partial charge in [0.25, 0.3) is 0 Å². The van der Waals surface area contributed by atoms with Gasteiger partial charge in [0.05, 0.1) is 17.1 Å². The third-order valence-corrected chi connectivity index (χ3v) is 7.00. The second-order valence-corrected chi connectivity index (χ2v) is 9.07. The van der Waals surface area contributed by atoms with Crippen molar-refractivity contribution in [2.45, 2.75) is 44.8 Å². The van der Waals surface area contributed by atoms with E-state index in [9.17, 15) is 4.79 Å². The Morgan fingerprint density at radius 3 is 2.72 bits per heavy atom. The summed E-state index contributed by atoms with van der Waals surface area (Å²) in [6.45, 7) is 3.07. The number of thiophene rings is 1. The molecule has 1 saturated heterocycles. The molecule has 0 saturated carbocycles. The van der Waals surface area contributed by atoms with E-state index >= 15 is 0 Å². The average molecular weight is 446 g/mol. The van der Waals surface area contributed by atoms with Crippen LogP contribution in [0.25, 0.3) is 11.0 Å². The van der Waals surface area contributed by atoms with Gasteiger partial charge in [0.15, 0.2) is 0 Å². The maximum Gasteiger partial charge on any atom is 0.242 e. The Kier molecular flexibility index (Phi) is 6.03. The second kappa shape index (κ2) is 9.24. The summed E-state index contributed by atoms with van der Waals surface area (Å²) in [6, 6.07) is 20.5. The zero-order chi connectivity index (χ0) is 21.9. The predicted octanol–water partition coefficient (Wildman–Crippen LogP) is 4.45. The van der Waals surface area contributed by atoms with Gasteiger partial charge in [-0.15, -0.1) is 11.3 Å². The number of rotatable bonds is 7. The topological polar surface area (TPSA) is 71.0 Å². The van der Waals surface area contributed by atoms with Gasteiger partial charge in [-0.1, -0.05) is 30.3 Å². The molecule has 0 spiro atoms. The molecular weight excluding hydrogens is 418 g/mol. The Balaban J connectivity index is 1.17. The molecule has 2 unspecified atom stereocenters. The van der Waals surface area contributed by atoms with E-state index in [0.29, 0.717) is 0 Å². The maximum absolute atomic E-state index is 12.7. The number of hydrogen-bond acceptors (Lipinski definition) is 5. The molecule has 164 valence electrons. The van der Waals surface area contributed by atoms with E-state index in [2.05, 4.69) is 69.4 Å². The molecule has 3 N–H and O–H groups in total. The van der Waals surface area contributed by atoms with Crippen LogP contribution in [0.5, 0.6) is 0 Å². The van der Waals surface area contributed by atoms with Crippen molar-refractivity contribution < 1.29 is 4.79 Å². The molecule has 2 aromatic heterocycles. The quantitative estimate of drug-likeness (QED) is 0.393. The highest BCUT2D eigenvalue weighted by molar-refractivity contribution is 7.10. The number of aryl methyl sites for hydroxylation is 3. The first-order chi connectivity index (χ1) is 15.7. The summed E-state index contributed by atoms with van der Waals surface area (Å²) < 4.78 is 2.29. The van der Waals surface area contributed by atoms with Crippen molar-refractivity contribution in [1.82, 2.24) is 20.4 Å². The lowest BCUT2D eigenvalue weighted by Crippen LogP contribution is -2.39. The van der Waals surface area contributed by atoms with E-state index in [1.54, 1.807) is 11.3 Å². The van der Waals surface area contributed by atoms with Gasteiger partial charge in [0.2, 0.25) is 5.91 Å².